The molecule has 0 saturated carbocycles. The summed E-state index contributed by atoms with van der Waals surface area (Å²) in [6, 6.07) is 0. The molecule has 0 spiro atoms. The van der Waals surface area contributed by atoms with E-state index < -0.39 is 25.0 Å². The van der Waals surface area contributed by atoms with Crippen LogP contribution in [0.3, 0.4) is 0 Å². The average molecular weight is 702 g/mol. The number of aliphatic hydroxyl groups is 6. The molecule has 0 unspecified atom stereocenters. The molecule has 0 aliphatic carbocycles. The highest BCUT2D eigenvalue weighted by atomic mass is 31.2. The van der Waals surface area contributed by atoms with Gasteiger partial charge in [-0.1, -0.05) is 83.1 Å². The first kappa shape index (κ1) is 46.8. The Bertz CT molecular complexity index is 739. The summed E-state index contributed by atoms with van der Waals surface area (Å²) >= 11 is 0. The quantitative estimate of drug-likeness (QED) is 0.0545. The summed E-state index contributed by atoms with van der Waals surface area (Å²) in [5.74, 6) is -2.09. The minimum atomic E-state index is -4.83. The highest BCUT2D eigenvalue weighted by molar-refractivity contribution is 7.48. The van der Waals surface area contributed by atoms with Crippen LogP contribution in [0.2, 0.25) is 0 Å². The van der Waals surface area contributed by atoms with Crippen LogP contribution in [-0.4, -0.2) is 141 Å². The van der Waals surface area contributed by atoms with Crippen molar-refractivity contribution in [3.8, 4) is 0 Å². The molecule has 0 aliphatic rings. The van der Waals surface area contributed by atoms with Gasteiger partial charge in [0.05, 0.1) is 39.6 Å². The van der Waals surface area contributed by atoms with E-state index in [1.165, 1.54) is 0 Å². The molecule has 0 aromatic rings. The standard InChI is InChI=1S/C33H72N3O10P/c1-25(2)31(26(3)4,34(13-19-37)14-20-38)44-47(43,45-32(27(5)6,28(7)8)35(15-21-39)16-22-40)46-33(29(9)10,30(11)12)36(17-23-41)18-24-42/h25-30,37-42H,13-24H2,1-12H3. The maximum atomic E-state index is 16.1. The molecule has 0 aromatic carbocycles. The third-order valence-corrected chi connectivity index (χ3v) is 11.0. The van der Waals surface area contributed by atoms with Crippen LogP contribution in [0, 0.1) is 35.5 Å². The van der Waals surface area contributed by atoms with Gasteiger partial charge in [-0.3, -0.25) is 28.3 Å². The van der Waals surface area contributed by atoms with Gasteiger partial charge < -0.3 is 30.6 Å². The van der Waals surface area contributed by atoms with Gasteiger partial charge in [0.25, 0.3) is 0 Å². The van der Waals surface area contributed by atoms with Gasteiger partial charge in [-0.2, -0.15) is 0 Å². The van der Waals surface area contributed by atoms with Crippen molar-refractivity contribution in [2.45, 2.75) is 100 Å². The molecule has 0 saturated heterocycles. The summed E-state index contributed by atoms with van der Waals surface area (Å²) in [6.45, 7) is 22.1. The minimum Gasteiger partial charge on any atom is -0.395 e. The topological polar surface area (TPSA) is 176 Å². The van der Waals surface area contributed by atoms with Crippen LogP contribution in [0.1, 0.15) is 83.1 Å². The summed E-state index contributed by atoms with van der Waals surface area (Å²) in [5, 5.41) is 60.7. The van der Waals surface area contributed by atoms with Crippen LogP contribution in [0.5, 0.6) is 0 Å². The summed E-state index contributed by atoms with van der Waals surface area (Å²) in [4.78, 5) is 5.33. The molecule has 0 amide bonds. The monoisotopic (exact) mass is 701 g/mol. The lowest BCUT2D eigenvalue weighted by molar-refractivity contribution is -0.235. The highest BCUT2D eigenvalue weighted by Crippen LogP contribution is 2.64. The summed E-state index contributed by atoms with van der Waals surface area (Å²) in [6.07, 6.45) is 0. The molecule has 0 fully saturated rings. The van der Waals surface area contributed by atoms with Gasteiger partial charge in [0.15, 0.2) is 0 Å². The predicted octanol–water partition coefficient (Wildman–Crippen LogP) is 3.03. The van der Waals surface area contributed by atoms with Crippen molar-refractivity contribution in [1.29, 1.82) is 0 Å². The Hall–Kier alpha value is -0.250. The van der Waals surface area contributed by atoms with E-state index in [-0.39, 0.29) is 114 Å². The van der Waals surface area contributed by atoms with Gasteiger partial charge in [-0.25, -0.2) is 4.57 Å². The molecule has 6 N–H and O–H groups in total. The lowest BCUT2D eigenvalue weighted by Crippen LogP contribution is -2.63. The zero-order chi connectivity index (χ0) is 36.8. The number of phosphoric ester groups is 1. The fourth-order valence-electron chi connectivity index (χ4n) is 7.70. The van der Waals surface area contributed by atoms with Crippen LogP contribution in [0.4, 0.5) is 0 Å². The Morgan fingerprint density at radius 3 is 0.660 bits per heavy atom. The van der Waals surface area contributed by atoms with E-state index in [1.807, 2.05) is 83.1 Å². The summed E-state index contributed by atoms with van der Waals surface area (Å²) in [5.41, 5.74) is -4.13. The van der Waals surface area contributed by atoms with E-state index in [1.54, 1.807) is 14.7 Å². The molecule has 0 heterocycles. The molecule has 0 bridgehead atoms. The molecular weight excluding hydrogens is 629 g/mol. The van der Waals surface area contributed by atoms with E-state index in [0.29, 0.717) is 0 Å². The third kappa shape index (κ3) is 10.9. The number of nitrogens with zero attached hydrogens (tertiary/aromatic N) is 3. The van der Waals surface area contributed by atoms with Crippen molar-refractivity contribution in [2.24, 2.45) is 35.5 Å². The molecule has 0 aromatic heterocycles. The summed E-state index contributed by atoms with van der Waals surface area (Å²) < 4.78 is 37.0. The Kier molecular flexibility index (Phi) is 21.1. The zero-order valence-electron chi connectivity index (χ0n) is 31.6. The van der Waals surface area contributed by atoms with Crippen molar-refractivity contribution in [3.05, 3.63) is 0 Å². The second-order valence-electron chi connectivity index (χ2n) is 14.2. The van der Waals surface area contributed by atoms with Gasteiger partial charge in [-0.05, 0) is 35.5 Å². The van der Waals surface area contributed by atoms with E-state index in [9.17, 15) is 30.6 Å². The molecule has 0 radical (unpaired) electrons. The molecule has 284 valence electrons. The van der Waals surface area contributed by atoms with Crippen molar-refractivity contribution in [3.63, 3.8) is 0 Å². The Morgan fingerprint density at radius 1 is 0.404 bits per heavy atom. The SMILES string of the molecule is CC(C)C(OP(=O)(OC(C(C)C)(C(C)C)N(CCO)CCO)OC(C(C)C)(C(C)C)N(CCO)CCO)(C(C)C)N(CCO)CCO. The highest BCUT2D eigenvalue weighted by Gasteiger charge is 2.59. The van der Waals surface area contributed by atoms with E-state index >= 15 is 4.57 Å². The second kappa shape index (κ2) is 21.2. The Morgan fingerprint density at radius 2 is 0.553 bits per heavy atom. The van der Waals surface area contributed by atoms with Crippen LogP contribution in [0.25, 0.3) is 0 Å². The number of hydrogen-bond donors (Lipinski definition) is 6. The predicted molar refractivity (Wildman–Crippen MR) is 185 cm³/mol. The van der Waals surface area contributed by atoms with Gasteiger partial charge in [0.2, 0.25) is 0 Å². The number of phosphoric acid groups is 1. The van der Waals surface area contributed by atoms with E-state index in [2.05, 4.69) is 0 Å². The van der Waals surface area contributed by atoms with E-state index in [4.69, 9.17) is 13.6 Å². The van der Waals surface area contributed by atoms with Gasteiger partial charge in [-0.15, -0.1) is 0 Å². The minimum absolute atomic E-state index is 0.109. The van der Waals surface area contributed by atoms with Crippen molar-refractivity contribution >= 4 is 7.82 Å². The number of aliphatic hydroxyl groups excluding tert-OH is 6. The second-order valence-corrected chi connectivity index (χ2v) is 15.6. The van der Waals surface area contributed by atoms with Crippen LogP contribution in [-0.2, 0) is 18.1 Å². The van der Waals surface area contributed by atoms with Gasteiger partial charge >= 0.3 is 7.82 Å². The Labute approximate surface area is 285 Å². The maximum Gasteiger partial charge on any atom is 0.480 e. The maximum absolute atomic E-state index is 16.1. The van der Waals surface area contributed by atoms with Crippen LogP contribution < -0.4 is 0 Å². The van der Waals surface area contributed by atoms with Crippen molar-refractivity contribution in [1.82, 2.24) is 14.7 Å². The first-order valence-electron chi connectivity index (χ1n) is 17.5. The normalized spacial score (nSPS) is 14.3. The molecule has 47 heavy (non-hydrogen) atoms. The van der Waals surface area contributed by atoms with Crippen LogP contribution in [0.15, 0.2) is 0 Å². The molecule has 14 heteroatoms. The molecule has 13 nitrogen and oxygen atoms in total. The van der Waals surface area contributed by atoms with Gasteiger partial charge in [0.1, 0.15) is 17.2 Å². The fourth-order valence-corrected chi connectivity index (χ4v) is 10.5. The third-order valence-electron chi connectivity index (χ3n) is 9.44. The largest absolute Gasteiger partial charge is 0.480 e. The zero-order valence-corrected chi connectivity index (χ0v) is 32.4. The first-order chi connectivity index (χ1) is 21.8. The van der Waals surface area contributed by atoms with E-state index in [0.717, 1.165) is 0 Å². The lowest BCUT2D eigenvalue weighted by atomic mass is 9.86. The molecule has 0 atom stereocenters. The summed E-state index contributed by atoms with van der Waals surface area (Å²) in [7, 11) is -4.83. The van der Waals surface area contributed by atoms with Crippen molar-refractivity contribution in [2.75, 3.05) is 78.9 Å². The lowest BCUT2D eigenvalue weighted by Gasteiger charge is -2.56. The van der Waals surface area contributed by atoms with Crippen molar-refractivity contribution < 1.29 is 48.8 Å². The smallest absolute Gasteiger partial charge is 0.395 e. The first-order valence-corrected chi connectivity index (χ1v) is 18.9. The molecule has 0 rings (SSSR count). The molecular formula is C33H72N3O10P. The van der Waals surface area contributed by atoms with Crippen LogP contribution >= 0.6 is 7.82 Å². The fraction of sp³-hybridized carbons (Fsp3) is 1.00. The number of rotatable bonds is 27. The average Bonchev–Trinajstić information content (AvgIpc) is 2.96. The molecule has 0 aliphatic heterocycles. The Balaban J connectivity index is 8.26. The number of hydrogen-bond acceptors (Lipinski definition) is 13. The van der Waals surface area contributed by atoms with Gasteiger partial charge in [0, 0.05) is 39.3 Å².